The number of piperidine rings is 1. The quantitative estimate of drug-likeness (QED) is 0.817. The minimum absolute atomic E-state index is 0.164. The molecule has 146 valence electrons. The van der Waals surface area contributed by atoms with Crippen LogP contribution in [-0.2, 0) is 0 Å². The Morgan fingerprint density at radius 1 is 1.25 bits per heavy atom. The third-order valence-corrected chi connectivity index (χ3v) is 4.90. The molecule has 1 fully saturated rings. The summed E-state index contributed by atoms with van der Waals surface area (Å²) in [5, 5.41) is 12.2. The number of anilines is 1. The van der Waals surface area contributed by atoms with E-state index in [9.17, 15) is 10.1 Å². The zero-order chi connectivity index (χ0) is 19.9. The van der Waals surface area contributed by atoms with Crippen LogP contribution in [0.4, 0.5) is 5.82 Å². The van der Waals surface area contributed by atoms with E-state index in [2.05, 4.69) is 26.3 Å². The van der Waals surface area contributed by atoms with Crippen LogP contribution >= 0.6 is 0 Å². The molecule has 2 heterocycles. The van der Waals surface area contributed by atoms with Gasteiger partial charge in [-0.05, 0) is 30.9 Å². The van der Waals surface area contributed by atoms with Gasteiger partial charge in [0.15, 0.2) is 11.5 Å². The van der Waals surface area contributed by atoms with Crippen LogP contribution in [0.15, 0.2) is 30.6 Å². The molecule has 1 saturated heterocycles. The Hall–Kier alpha value is -3.34. The fraction of sp³-hybridized carbons (Fsp3) is 0.400. The second-order valence-corrected chi connectivity index (χ2v) is 6.55. The molecule has 1 aliphatic heterocycles. The lowest BCUT2D eigenvalue weighted by atomic mass is 9.96. The molecule has 2 aromatic rings. The van der Waals surface area contributed by atoms with Gasteiger partial charge in [-0.25, -0.2) is 9.97 Å². The smallest absolute Gasteiger partial charge is 0.255 e. The number of methoxy groups -OCH3 is 2. The van der Waals surface area contributed by atoms with E-state index in [4.69, 9.17) is 9.47 Å². The maximum atomic E-state index is 12.5. The summed E-state index contributed by atoms with van der Waals surface area (Å²) in [7, 11) is 3.10. The largest absolute Gasteiger partial charge is 0.497 e. The molecular weight excluding hydrogens is 358 g/mol. The number of nitrogens with zero attached hydrogens (tertiary/aromatic N) is 4. The zero-order valence-electron chi connectivity index (χ0n) is 16.0. The van der Waals surface area contributed by atoms with E-state index in [-0.39, 0.29) is 5.91 Å². The fourth-order valence-electron chi connectivity index (χ4n) is 3.31. The van der Waals surface area contributed by atoms with Crippen LogP contribution in [0.1, 0.15) is 28.9 Å². The van der Waals surface area contributed by atoms with Crippen LogP contribution in [-0.4, -0.2) is 49.7 Å². The summed E-state index contributed by atoms with van der Waals surface area (Å²) in [5.74, 6) is 1.96. The lowest BCUT2D eigenvalue weighted by Crippen LogP contribution is -2.39. The summed E-state index contributed by atoms with van der Waals surface area (Å²) in [4.78, 5) is 23.0. The highest BCUT2D eigenvalue weighted by molar-refractivity contribution is 5.97. The van der Waals surface area contributed by atoms with Crippen molar-refractivity contribution in [3.05, 3.63) is 41.9 Å². The van der Waals surface area contributed by atoms with Crippen LogP contribution < -0.4 is 19.7 Å². The number of nitrogens with one attached hydrogen (secondary N) is 1. The summed E-state index contributed by atoms with van der Waals surface area (Å²) < 4.78 is 10.5. The average Bonchev–Trinajstić information content (AvgIpc) is 2.77. The Balaban J connectivity index is 1.54. The molecule has 28 heavy (non-hydrogen) atoms. The SMILES string of the molecule is COc1ccc(C(=O)NCC2CCN(c3nccnc3C#N)CC2)c(OC)c1. The second-order valence-electron chi connectivity index (χ2n) is 6.55. The van der Waals surface area contributed by atoms with Gasteiger partial charge in [0, 0.05) is 38.1 Å². The standard InChI is InChI=1S/C20H23N5O3/c1-27-15-3-4-16(18(11-15)28-2)20(26)24-13-14-5-9-25(10-6-14)19-17(12-21)22-7-8-23-19/h3-4,7-8,11,14H,5-6,9-10,13H2,1-2H3,(H,24,26). The molecule has 1 aliphatic rings. The Labute approximate surface area is 164 Å². The second kappa shape index (κ2) is 9.04. The normalized spacial score (nSPS) is 14.2. The lowest BCUT2D eigenvalue weighted by molar-refractivity contribution is 0.0942. The molecule has 1 amide bonds. The van der Waals surface area contributed by atoms with E-state index in [0.29, 0.717) is 41.0 Å². The van der Waals surface area contributed by atoms with Gasteiger partial charge in [0.05, 0.1) is 19.8 Å². The number of hydrogen-bond acceptors (Lipinski definition) is 7. The Kier molecular flexibility index (Phi) is 6.27. The van der Waals surface area contributed by atoms with E-state index in [1.807, 2.05) is 0 Å². The number of hydrogen-bond donors (Lipinski definition) is 1. The average molecular weight is 381 g/mol. The maximum absolute atomic E-state index is 12.5. The maximum Gasteiger partial charge on any atom is 0.255 e. The molecular formula is C20H23N5O3. The molecule has 0 saturated carbocycles. The van der Waals surface area contributed by atoms with Gasteiger partial charge < -0.3 is 19.7 Å². The van der Waals surface area contributed by atoms with Gasteiger partial charge in [0.1, 0.15) is 17.6 Å². The van der Waals surface area contributed by atoms with Gasteiger partial charge in [0.2, 0.25) is 0 Å². The van der Waals surface area contributed by atoms with Crippen molar-refractivity contribution < 1.29 is 14.3 Å². The van der Waals surface area contributed by atoms with E-state index in [0.717, 1.165) is 25.9 Å². The van der Waals surface area contributed by atoms with Crippen molar-refractivity contribution in [1.82, 2.24) is 15.3 Å². The van der Waals surface area contributed by atoms with E-state index >= 15 is 0 Å². The summed E-state index contributed by atoms with van der Waals surface area (Å²) in [6, 6.07) is 7.22. The van der Waals surface area contributed by atoms with Gasteiger partial charge in [-0.1, -0.05) is 0 Å². The number of carbonyl (C=O) groups is 1. The third-order valence-electron chi connectivity index (χ3n) is 4.90. The third kappa shape index (κ3) is 4.31. The molecule has 0 bridgehead atoms. The van der Waals surface area contributed by atoms with Crippen molar-refractivity contribution in [3.8, 4) is 17.6 Å². The molecule has 8 nitrogen and oxygen atoms in total. The van der Waals surface area contributed by atoms with Crippen LogP contribution in [0.25, 0.3) is 0 Å². The predicted octanol–water partition coefficient (Wildman–Crippen LogP) is 2.01. The summed E-state index contributed by atoms with van der Waals surface area (Å²) in [5.41, 5.74) is 0.833. The topological polar surface area (TPSA) is 100 Å². The molecule has 1 aromatic carbocycles. The van der Waals surface area contributed by atoms with Gasteiger partial charge >= 0.3 is 0 Å². The molecule has 0 unspecified atom stereocenters. The van der Waals surface area contributed by atoms with E-state index in [1.54, 1.807) is 31.5 Å². The minimum Gasteiger partial charge on any atom is -0.497 e. The molecule has 0 atom stereocenters. The predicted molar refractivity (Wildman–Crippen MR) is 104 cm³/mol. The van der Waals surface area contributed by atoms with Gasteiger partial charge in [-0.15, -0.1) is 0 Å². The number of rotatable bonds is 6. The van der Waals surface area contributed by atoms with Crippen LogP contribution in [0, 0.1) is 17.2 Å². The zero-order valence-corrected chi connectivity index (χ0v) is 16.0. The summed E-state index contributed by atoms with van der Waals surface area (Å²) in [6.07, 6.45) is 4.94. The number of aromatic nitrogens is 2. The number of carbonyl (C=O) groups excluding carboxylic acids is 1. The van der Waals surface area contributed by atoms with Crippen molar-refractivity contribution in [2.45, 2.75) is 12.8 Å². The van der Waals surface area contributed by atoms with E-state index in [1.165, 1.54) is 13.3 Å². The minimum atomic E-state index is -0.164. The summed E-state index contributed by atoms with van der Waals surface area (Å²) >= 11 is 0. The number of nitriles is 1. The van der Waals surface area contributed by atoms with Gasteiger partial charge in [0.25, 0.3) is 5.91 Å². The first-order valence-corrected chi connectivity index (χ1v) is 9.12. The number of ether oxygens (including phenoxy) is 2. The Morgan fingerprint density at radius 2 is 2.00 bits per heavy atom. The number of benzene rings is 1. The number of amides is 1. The Morgan fingerprint density at radius 3 is 2.68 bits per heavy atom. The molecule has 0 aliphatic carbocycles. The van der Waals surface area contributed by atoms with Crippen molar-refractivity contribution in [2.75, 3.05) is 38.8 Å². The highest BCUT2D eigenvalue weighted by Crippen LogP contribution is 2.25. The molecule has 1 aromatic heterocycles. The molecule has 3 rings (SSSR count). The lowest BCUT2D eigenvalue weighted by Gasteiger charge is -2.32. The van der Waals surface area contributed by atoms with Gasteiger partial charge in [-0.3, -0.25) is 4.79 Å². The summed E-state index contributed by atoms with van der Waals surface area (Å²) in [6.45, 7) is 2.15. The first-order valence-electron chi connectivity index (χ1n) is 9.12. The van der Waals surface area contributed by atoms with E-state index < -0.39 is 0 Å². The van der Waals surface area contributed by atoms with Crippen molar-refractivity contribution >= 4 is 11.7 Å². The Bertz CT molecular complexity index is 872. The highest BCUT2D eigenvalue weighted by Gasteiger charge is 2.23. The fourth-order valence-corrected chi connectivity index (χ4v) is 3.31. The monoisotopic (exact) mass is 381 g/mol. The molecule has 8 heteroatoms. The van der Waals surface area contributed by atoms with Crippen molar-refractivity contribution in [2.24, 2.45) is 5.92 Å². The van der Waals surface area contributed by atoms with Crippen molar-refractivity contribution in [1.29, 1.82) is 5.26 Å². The van der Waals surface area contributed by atoms with Crippen molar-refractivity contribution in [3.63, 3.8) is 0 Å². The molecule has 0 spiro atoms. The molecule has 1 N–H and O–H groups in total. The van der Waals surface area contributed by atoms with Crippen LogP contribution in [0.3, 0.4) is 0 Å². The molecule has 0 radical (unpaired) electrons. The first-order chi connectivity index (χ1) is 13.7. The van der Waals surface area contributed by atoms with Gasteiger partial charge in [-0.2, -0.15) is 5.26 Å². The van der Waals surface area contributed by atoms with Crippen LogP contribution in [0.2, 0.25) is 0 Å². The van der Waals surface area contributed by atoms with Crippen LogP contribution in [0.5, 0.6) is 11.5 Å². The highest BCUT2D eigenvalue weighted by atomic mass is 16.5. The first kappa shape index (κ1) is 19.4.